The summed E-state index contributed by atoms with van der Waals surface area (Å²) in [5.74, 6) is -1.01. The number of nitrogens with one attached hydrogen (secondary N) is 1. The maximum atomic E-state index is 14.0. The molecule has 0 unspecified atom stereocenters. The first-order chi connectivity index (χ1) is 9.90. The molecule has 0 aliphatic heterocycles. The number of halogens is 2. The average molecular weight is 293 g/mol. The molecular weight excluding hydrogens is 272 g/mol. The predicted molar refractivity (Wildman–Crippen MR) is 79.5 cm³/mol. The highest BCUT2D eigenvalue weighted by Crippen LogP contribution is 2.24. The van der Waals surface area contributed by atoms with Crippen LogP contribution < -0.4 is 5.32 Å². The molecule has 1 heterocycles. The maximum absolute atomic E-state index is 14.0. The van der Waals surface area contributed by atoms with E-state index in [2.05, 4.69) is 24.3 Å². The normalized spacial score (nSPS) is 11.6. The third kappa shape index (κ3) is 3.47. The topological polar surface area (TPSA) is 29.9 Å². The molecule has 0 fully saturated rings. The first kappa shape index (κ1) is 15.6. The molecule has 0 bridgehead atoms. The maximum Gasteiger partial charge on any atom is 0.151 e. The third-order valence-electron chi connectivity index (χ3n) is 3.27. The van der Waals surface area contributed by atoms with Gasteiger partial charge in [0.1, 0.15) is 11.5 Å². The van der Waals surface area contributed by atoms with Gasteiger partial charge in [-0.3, -0.25) is 0 Å². The van der Waals surface area contributed by atoms with Crippen LogP contribution in [0.5, 0.6) is 0 Å². The largest absolute Gasteiger partial charge is 0.310 e. The third-order valence-corrected chi connectivity index (χ3v) is 3.27. The van der Waals surface area contributed by atoms with Gasteiger partial charge in [0.2, 0.25) is 0 Å². The van der Waals surface area contributed by atoms with Crippen molar-refractivity contribution in [2.24, 2.45) is 0 Å². The first-order valence-corrected chi connectivity index (χ1v) is 7.15. The van der Waals surface area contributed by atoms with Gasteiger partial charge in [-0.25, -0.2) is 13.5 Å². The van der Waals surface area contributed by atoms with E-state index >= 15 is 0 Å². The van der Waals surface area contributed by atoms with E-state index in [-0.39, 0.29) is 11.6 Å². The molecule has 1 aromatic heterocycles. The zero-order chi connectivity index (χ0) is 15.6. The summed E-state index contributed by atoms with van der Waals surface area (Å²) < 4.78 is 28.6. The molecule has 0 spiro atoms. The minimum Gasteiger partial charge on any atom is -0.310 e. The molecule has 2 aromatic rings. The van der Waals surface area contributed by atoms with Crippen molar-refractivity contribution in [3.05, 3.63) is 47.3 Å². The number of rotatable bonds is 5. The molecule has 2 rings (SSSR count). The van der Waals surface area contributed by atoms with Gasteiger partial charge < -0.3 is 5.32 Å². The van der Waals surface area contributed by atoms with E-state index in [0.29, 0.717) is 12.6 Å². The lowest BCUT2D eigenvalue weighted by molar-refractivity contribution is 0.566. The molecule has 0 saturated heterocycles. The van der Waals surface area contributed by atoms with E-state index in [1.54, 1.807) is 10.9 Å². The summed E-state index contributed by atoms with van der Waals surface area (Å²) in [6, 6.07) is 3.91. The molecule has 0 aliphatic carbocycles. The van der Waals surface area contributed by atoms with Gasteiger partial charge >= 0.3 is 0 Å². The van der Waals surface area contributed by atoms with Gasteiger partial charge in [-0.2, -0.15) is 5.10 Å². The van der Waals surface area contributed by atoms with E-state index in [9.17, 15) is 8.78 Å². The van der Waals surface area contributed by atoms with Crippen LogP contribution in [0.15, 0.2) is 24.4 Å². The Morgan fingerprint density at radius 3 is 2.48 bits per heavy atom. The molecule has 1 N–H and O–H groups in total. The zero-order valence-corrected chi connectivity index (χ0v) is 12.8. The van der Waals surface area contributed by atoms with Gasteiger partial charge in [-0.15, -0.1) is 0 Å². The Balaban J connectivity index is 2.44. The van der Waals surface area contributed by atoms with E-state index in [4.69, 9.17) is 0 Å². The summed E-state index contributed by atoms with van der Waals surface area (Å²) in [7, 11) is 0. The van der Waals surface area contributed by atoms with Crippen LogP contribution in [0.4, 0.5) is 8.78 Å². The highest BCUT2D eigenvalue weighted by atomic mass is 19.1. The van der Waals surface area contributed by atoms with Crippen LogP contribution in [-0.4, -0.2) is 15.8 Å². The van der Waals surface area contributed by atoms with Crippen molar-refractivity contribution < 1.29 is 8.78 Å². The molecule has 114 valence electrons. The van der Waals surface area contributed by atoms with Gasteiger partial charge in [-0.1, -0.05) is 27.7 Å². The Bertz CT molecular complexity index is 618. The molecule has 0 radical (unpaired) electrons. The van der Waals surface area contributed by atoms with Crippen molar-refractivity contribution in [2.75, 3.05) is 0 Å². The second-order valence-corrected chi connectivity index (χ2v) is 5.75. The Morgan fingerprint density at radius 1 is 1.19 bits per heavy atom. The number of aromatic nitrogens is 2. The van der Waals surface area contributed by atoms with Crippen LogP contribution in [0.1, 0.15) is 44.9 Å². The van der Waals surface area contributed by atoms with Crippen LogP contribution in [0, 0.1) is 11.6 Å². The number of nitrogens with zero attached hydrogens (tertiary/aromatic N) is 2. The highest BCUT2D eigenvalue weighted by molar-refractivity contribution is 5.38. The molecule has 21 heavy (non-hydrogen) atoms. The van der Waals surface area contributed by atoms with E-state index in [1.165, 1.54) is 12.1 Å². The molecule has 0 atom stereocenters. The fourth-order valence-corrected chi connectivity index (χ4v) is 2.30. The van der Waals surface area contributed by atoms with Gasteiger partial charge in [0.05, 0.1) is 11.9 Å². The minimum absolute atomic E-state index is 0.181. The van der Waals surface area contributed by atoms with E-state index < -0.39 is 11.6 Å². The summed E-state index contributed by atoms with van der Waals surface area (Å²) in [5, 5.41) is 7.63. The van der Waals surface area contributed by atoms with Gasteiger partial charge in [0, 0.05) is 24.2 Å². The van der Waals surface area contributed by atoms with Gasteiger partial charge in [0.25, 0.3) is 0 Å². The molecular formula is C16H21F2N3. The molecule has 5 heteroatoms. The molecule has 0 amide bonds. The first-order valence-electron chi connectivity index (χ1n) is 7.15. The Kier molecular flexibility index (Phi) is 4.73. The van der Waals surface area contributed by atoms with Crippen LogP contribution in [-0.2, 0) is 6.54 Å². The van der Waals surface area contributed by atoms with Crippen molar-refractivity contribution in [2.45, 2.75) is 46.2 Å². The van der Waals surface area contributed by atoms with Gasteiger partial charge in [0.15, 0.2) is 5.82 Å². The lowest BCUT2D eigenvalue weighted by atomic mass is 10.1. The Hall–Kier alpha value is -1.75. The predicted octanol–water partition coefficient (Wildman–Crippen LogP) is 3.77. The summed E-state index contributed by atoms with van der Waals surface area (Å²) in [6.07, 6.45) is 1.74. The average Bonchev–Trinajstić information content (AvgIpc) is 2.80. The fourth-order valence-electron chi connectivity index (χ4n) is 2.30. The lowest BCUT2D eigenvalue weighted by Gasteiger charge is -2.14. The number of hydrogen-bond donors (Lipinski definition) is 1. The minimum atomic E-state index is -0.608. The smallest absolute Gasteiger partial charge is 0.151 e. The highest BCUT2D eigenvalue weighted by Gasteiger charge is 2.18. The van der Waals surface area contributed by atoms with Crippen molar-refractivity contribution in [3.63, 3.8) is 0 Å². The number of benzene rings is 1. The van der Waals surface area contributed by atoms with Gasteiger partial charge in [-0.05, 0) is 18.1 Å². The summed E-state index contributed by atoms with van der Waals surface area (Å²) in [6.45, 7) is 8.88. The van der Waals surface area contributed by atoms with E-state index in [0.717, 1.165) is 17.3 Å². The van der Waals surface area contributed by atoms with E-state index in [1.807, 2.05) is 13.8 Å². The molecule has 0 saturated carbocycles. The second kappa shape index (κ2) is 6.35. The quantitative estimate of drug-likeness (QED) is 0.909. The summed E-state index contributed by atoms with van der Waals surface area (Å²) in [5.41, 5.74) is 2.24. The molecule has 1 aromatic carbocycles. The lowest BCUT2D eigenvalue weighted by Crippen LogP contribution is -2.22. The molecule has 3 nitrogen and oxygen atoms in total. The Morgan fingerprint density at radius 2 is 1.90 bits per heavy atom. The van der Waals surface area contributed by atoms with Crippen LogP contribution in [0.3, 0.4) is 0 Å². The van der Waals surface area contributed by atoms with Crippen LogP contribution in [0.2, 0.25) is 0 Å². The van der Waals surface area contributed by atoms with Crippen molar-refractivity contribution in [3.8, 4) is 5.69 Å². The van der Waals surface area contributed by atoms with Crippen molar-refractivity contribution >= 4 is 0 Å². The summed E-state index contributed by atoms with van der Waals surface area (Å²) in [4.78, 5) is 0. The van der Waals surface area contributed by atoms with Crippen molar-refractivity contribution in [1.82, 2.24) is 15.1 Å². The SMILES string of the molecule is CC(C)NCc1cnn(-c2ccc(F)cc2F)c1C(C)C. The zero-order valence-electron chi connectivity index (χ0n) is 12.8. The summed E-state index contributed by atoms with van der Waals surface area (Å²) >= 11 is 0. The second-order valence-electron chi connectivity index (χ2n) is 5.75. The van der Waals surface area contributed by atoms with Crippen LogP contribution in [0.25, 0.3) is 5.69 Å². The molecule has 0 aliphatic rings. The Labute approximate surface area is 124 Å². The monoisotopic (exact) mass is 293 g/mol. The fraction of sp³-hybridized carbons (Fsp3) is 0.438. The van der Waals surface area contributed by atoms with Crippen molar-refractivity contribution in [1.29, 1.82) is 0 Å². The van der Waals surface area contributed by atoms with Crippen LogP contribution >= 0.6 is 0 Å². The standard InChI is InChI=1S/C16H21F2N3/c1-10(2)16-12(8-19-11(3)4)9-20-21(16)15-6-5-13(17)7-14(15)18/h5-7,9-11,19H,8H2,1-4H3. The number of hydrogen-bond acceptors (Lipinski definition) is 2.